The second-order valence-electron chi connectivity index (χ2n) is 9.26. The molecule has 0 aliphatic carbocycles. The van der Waals surface area contributed by atoms with Gasteiger partial charge in [0.05, 0.1) is 19.3 Å². The highest BCUT2D eigenvalue weighted by Gasteiger charge is 2.30. The van der Waals surface area contributed by atoms with E-state index in [-0.39, 0.29) is 6.61 Å². The average Bonchev–Trinajstić information content (AvgIpc) is 3.02. The summed E-state index contributed by atoms with van der Waals surface area (Å²) in [5.41, 5.74) is 3.94. The first-order valence-electron chi connectivity index (χ1n) is 13.4. The normalized spacial score (nSPS) is 13.3. The summed E-state index contributed by atoms with van der Waals surface area (Å²) in [5.74, 6) is 0. The monoisotopic (exact) mass is 533 g/mol. The Balaban J connectivity index is 1.57. The summed E-state index contributed by atoms with van der Waals surface area (Å²) in [5, 5.41) is 3.01. The van der Waals surface area contributed by atoms with E-state index < -0.39 is 24.3 Å². The molecule has 4 aromatic rings. The van der Waals surface area contributed by atoms with E-state index in [1.54, 1.807) is 6.08 Å². The zero-order valence-electron chi connectivity index (χ0n) is 22.5. The Hall–Kier alpha value is -4.45. The molecule has 0 saturated heterocycles. The summed E-state index contributed by atoms with van der Waals surface area (Å²) in [6, 6.07) is 38.7. The fourth-order valence-electron chi connectivity index (χ4n) is 4.15. The van der Waals surface area contributed by atoms with Crippen molar-refractivity contribution < 1.29 is 19.0 Å². The highest BCUT2D eigenvalue weighted by molar-refractivity contribution is 5.68. The summed E-state index contributed by atoms with van der Waals surface area (Å²) in [6.07, 6.45) is 3.93. The van der Waals surface area contributed by atoms with Gasteiger partial charge < -0.3 is 19.5 Å². The quantitative estimate of drug-likeness (QED) is 0.172. The van der Waals surface area contributed by atoms with E-state index in [4.69, 9.17) is 14.2 Å². The number of amides is 1. The maximum absolute atomic E-state index is 13.0. The molecule has 1 amide bonds. The van der Waals surface area contributed by atoms with Gasteiger partial charge in [-0.3, -0.25) is 0 Å². The van der Waals surface area contributed by atoms with Crippen LogP contribution < -0.4 is 5.32 Å². The second kappa shape index (κ2) is 15.8. The van der Waals surface area contributed by atoms with Crippen LogP contribution in [0.3, 0.4) is 0 Å². The third-order valence-corrected chi connectivity index (χ3v) is 6.27. The van der Waals surface area contributed by atoms with Crippen LogP contribution in [0.25, 0.3) is 6.08 Å². The number of benzene rings is 4. The molecule has 0 aliphatic rings. The lowest BCUT2D eigenvalue weighted by atomic mass is 10.0. The molecule has 5 nitrogen and oxygen atoms in total. The Morgan fingerprint density at radius 1 is 0.675 bits per heavy atom. The van der Waals surface area contributed by atoms with Gasteiger partial charge in [0.15, 0.2) is 0 Å². The first-order valence-corrected chi connectivity index (χ1v) is 13.4. The zero-order valence-corrected chi connectivity index (χ0v) is 22.5. The maximum Gasteiger partial charge on any atom is 0.408 e. The lowest BCUT2D eigenvalue weighted by Gasteiger charge is -2.31. The fourth-order valence-corrected chi connectivity index (χ4v) is 4.15. The van der Waals surface area contributed by atoms with E-state index in [0.29, 0.717) is 13.2 Å². The van der Waals surface area contributed by atoms with E-state index in [9.17, 15) is 4.79 Å². The summed E-state index contributed by atoms with van der Waals surface area (Å²) in [7, 11) is 0. The minimum Gasteiger partial charge on any atom is -0.445 e. The molecule has 0 heterocycles. The van der Waals surface area contributed by atoms with Crippen LogP contribution >= 0.6 is 0 Å². The lowest BCUT2D eigenvalue weighted by molar-refractivity contribution is -0.0729. The van der Waals surface area contributed by atoms with Crippen molar-refractivity contribution >= 4 is 12.2 Å². The van der Waals surface area contributed by atoms with Crippen molar-refractivity contribution in [1.82, 2.24) is 5.32 Å². The van der Waals surface area contributed by atoms with Gasteiger partial charge in [-0.1, -0.05) is 140 Å². The molecule has 4 aromatic carbocycles. The number of carbonyl (C=O) groups is 1. The van der Waals surface area contributed by atoms with Gasteiger partial charge in [0.2, 0.25) is 0 Å². The van der Waals surface area contributed by atoms with Crippen LogP contribution in [0.15, 0.2) is 140 Å². The molecule has 40 heavy (non-hydrogen) atoms. The summed E-state index contributed by atoms with van der Waals surface area (Å²) in [4.78, 5) is 13.0. The van der Waals surface area contributed by atoms with E-state index in [1.165, 1.54) is 0 Å². The van der Waals surface area contributed by atoms with Crippen LogP contribution in [0.5, 0.6) is 0 Å². The predicted octanol–water partition coefficient (Wildman–Crippen LogP) is 7.35. The molecule has 3 atom stereocenters. The van der Waals surface area contributed by atoms with Crippen molar-refractivity contribution in [2.24, 2.45) is 0 Å². The third-order valence-electron chi connectivity index (χ3n) is 6.27. The maximum atomic E-state index is 13.0. The molecule has 0 saturated carbocycles. The number of ether oxygens (including phenoxy) is 3. The molecule has 0 spiro atoms. The minimum absolute atomic E-state index is 0.159. The fraction of sp³-hybridized carbons (Fsp3) is 0.171. The van der Waals surface area contributed by atoms with E-state index in [0.717, 1.165) is 22.3 Å². The second-order valence-corrected chi connectivity index (χ2v) is 9.26. The molecule has 0 radical (unpaired) electrons. The first kappa shape index (κ1) is 28.6. The number of alkyl carbamates (subject to hydrolysis) is 1. The van der Waals surface area contributed by atoms with Crippen LogP contribution in [-0.2, 0) is 34.0 Å². The smallest absolute Gasteiger partial charge is 0.408 e. The summed E-state index contributed by atoms with van der Waals surface area (Å²) < 4.78 is 18.3. The highest BCUT2D eigenvalue weighted by atomic mass is 16.6. The SMILES string of the molecule is C=C[C@@H](OCc1ccccc1)[C@H](OCc1ccccc1)[C@@H](C=Cc1ccccc1)NC(=O)OCc1ccccc1. The molecular formula is C35H35NO4. The third kappa shape index (κ3) is 9.38. The number of carbonyl (C=O) groups excluding carboxylic acids is 1. The average molecular weight is 534 g/mol. The predicted molar refractivity (Wildman–Crippen MR) is 159 cm³/mol. The molecule has 5 heteroatoms. The van der Waals surface area contributed by atoms with Crippen LogP contribution in [0.4, 0.5) is 4.79 Å². The number of nitrogens with one attached hydrogen (secondary N) is 1. The number of rotatable bonds is 14. The molecule has 0 aromatic heterocycles. The van der Waals surface area contributed by atoms with E-state index >= 15 is 0 Å². The summed E-state index contributed by atoms with van der Waals surface area (Å²) in [6.45, 7) is 4.90. The van der Waals surface area contributed by atoms with Gasteiger partial charge in [-0.25, -0.2) is 4.79 Å². The minimum atomic E-state index is -0.592. The molecule has 1 N–H and O–H groups in total. The molecule has 0 fully saturated rings. The lowest BCUT2D eigenvalue weighted by Crippen LogP contribution is -2.49. The van der Waals surface area contributed by atoms with Crippen molar-refractivity contribution in [3.63, 3.8) is 0 Å². The van der Waals surface area contributed by atoms with E-state index in [2.05, 4.69) is 11.9 Å². The van der Waals surface area contributed by atoms with Crippen LogP contribution in [-0.4, -0.2) is 24.3 Å². The van der Waals surface area contributed by atoms with Gasteiger partial charge in [0.25, 0.3) is 0 Å². The number of hydrogen-bond acceptors (Lipinski definition) is 4. The Morgan fingerprint density at radius 2 is 1.15 bits per heavy atom. The van der Waals surface area contributed by atoms with Crippen molar-refractivity contribution in [3.05, 3.63) is 162 Å². The van der Waals surface area contributed by atoms with Gasteiger partial charge in [0, 0.05) is 0 Å². The Morgan fingerprint density at radius 3 is 1.68 bits per heavy atom. The largest absolute Gasteiger partial charge is 0.445 e. The van der Waals surface area contributed by atoms with Gasteiger partial charge >= 0.3 is 6.09 Å². The van der Waals surface area contributed by atoms with Crippen molar-refractivity contribution in [2.45, 2.75) is 38.1 Å². The molecular weight excluding hydrogens is 498 g/mol. The Kier molecular flexibility index (Phi) is 11.3. The molecule has 0 unspecified atom stereocenters. The highest BCUT2D eigenvalue weighted by Crippen LogP contribution is 2.18. The van der Waals surface area contributed by atoms with Gasteiger partial charge in [-0.05, 0) is 22.3 Å². The van der Waals surface area contributed by atoms with Crippen LogP contribution in [0.1, 0.15) is 22.3 Å². The zero-order chi connectivity index (χ0) is 27.8. The van der Waals surface area contributed by atoms with Gasteiger partial charge in [-0.15, -0.1) is 6.58 Å². The van der Waals surface area contributed by atoms with Gasteiger partial charge in [0.1, 0.15) is 18.8 Å². The summed E-state index contributed by atoms with van der Waals surface area (Å²) >= 11 is 0. The van der Waals surface area contributed by atoms with Crippen LogP contribution in [0, 0.1) is 0 Å². The standard InChI is InChI=1S/C35H35NO4/c1-2-33(38-25-29-17-9-4-10-18-29)34(39-26-30-19-11-5-12-20-30)32(24-23-28-15-7-3-8-16-28)36-35(37)40-27-31-21-13-6-14-22-31/h2-24,32-34H,1,25-27H2,(H,36,37)/t32-,33-,34-/m1/s1. The van der Waals surface area contributed by atoms with Crippen LogP contribution in [0.2, 0.25) is 0 Å². The van der Waals surface area contributed by atoms with Crippen molar-refractivity contribution in [1.29, 1.82) is 0 Å². The Labute approximate surface area is 236 Å². The van der Waals surface area contributed by atoms with Crippen molar-refractivity contribution in [3.8, 4) is 0 Å². The number of hydrogen-bond donors (Lipinski definition) is 1. The molecule has 0 aliphatic heterocycles. The molecule has 0 bridgehead atoms. The van der Waals surface area contributed by atoms with Gasteiger partial charge in [-0.2, -0.15) is 0 Å². The van der Waals surface area contributed by atoms with Crippen molar-refractivity contribution in [2.75, 3.05) is 0 Å². The Bertz CT molecular complexity index is 1310. The topological polar surface area (TPSA) is 56.8 Å². The first-order chi connectivity index (χ1) is 19.7. The van der Waals surface area contributed by atoms with E-state index in [1.807, 2.05) is 133 Å². The molecule has 204 valence electrons. The molecule has 4 rings (SSSR count).